The SMILES string of the molecule is C=CC(=O)N1Cc2sc(Cl)cc2[C@@H](c2ccccc2-c2cccnc2OC(C)C)C1. The first-order valence-corrected chi connectivity index (χ1v) is 11.1. The second-order valence-corrected chi connectivity index (χ2v) is 9.28. The monoisotopic (exact) mass is 438 g/mol. The number of fused-ring (bicyclic) bond motifs is 1. The van der Waals surface area contributed by atoms with E-state index in [2.05, 4.69) is 23.7 Å². The zero-order chi connectivity index (χ0) is 21.3. The van der Waals surface area contributed by atoms with Crippen LogP contribution in [0, 0.1) is 0 Å². The number of carbonyl (C=O) groups is 1. The molecule has 0 N–H and O–H groups in total. The maximum absolute atomic E-state index is 12.4. The molecule has 30 heavy (non-hydrogen) atoms. The van der Waals surface area contributed by atoms with Crippen LogP contribution in [0.25, 0.3) is 11.1 Å². The second kappa shape index (κ2) is 8.62. The van der Waals surface area contributed by atoms with Crippen molar-refractivity contribution in [2.75, 3.05) is 6.54 Å². The molecule has 3 aromatic rings. The summed E-state index contributed by atoms with van der Waals surface area (Å²) in [6, 6.07) is 14.2. The van der Waals surface area contributed by atoms with E-state index in [-0.39, 0.29) is 17.9 Å². The van der Waals surface area contributed by atoms with Crippen LogP contribution in [0.1, 0.15) is 35.8 Å². The smallest absolute Gasteiger partial charge is 0.246 e. The Morgan fingerprint density at radius 2 is 2.03 bits per heavy atom. The van der Waals surface area contributed by atoms with Crippen molar-refractivity contribution in [2.45, 2.75) is 32.4 Å². The van der Waals surface area contributed by atoms with Gasteiger partial charge in [-0.2, -0.15) is 0 Å². The predicted molar refractivity (Wildman–Crippen MR) is 122 cm³/mol. The third-order valence-corrected chi connectivity index (χ3v) is 6.42. The first kappa shape index (κ1) is 20.6. The molecular formula is C24H23ClN2O2S. The Hall–Kier alpha value is -2.63. The Kier molecular flexibility index (Phi) is 5.93. The number of benzene rings is 1. The van der Waals surface area contributed by atoms with Crippen molar-refractivity contribution in [1.29, 1.82) is 0 Å². The van der Waals surface area contributed by atoms with Crippen molar-refractivity contribution in [3.8, 4) is 17.0 Å². The molecule has 6 heteroatoms. The fourth-order valence-corrected chi connectivity index (χ4v) is 5.26. The summed E-state index contributed by atoms with van der Waals surface area (Å²) in [5.41, 5.74) is 4.29. The van der Waals surface area contributed by atoms with E-state index in [0.717, 1.165) is 25.9 Å². The van der Waals surface area contributed by atoms with Gasteiger partial charge in [-0.3, -0.25) is 4.79 Å². The number of hydrogen-bond acceptors (Lipinski definition) is 4. The summed E-state index contributed by atoms with van der Waals surface area (Å²) in [4.78, 5) is 19.9. The fraction of sp³-hybridized carbons (Fsp3) is 0.250. The molecule has 1 aliphatic rings. The number of halogens is 1. The maximum Gasteiger partial charge on any atom is 0.246 e. The summed E-state index contributed by atoms with van der Waals surface area (Å²) in [7, 11) is 0. The minimum atomic E-state index is -0.0714. The molecule has 1 amide bonds. The summed E-state index contributed by atoms with van der Waals surface area (Å²) in [5, 5.41) is 0. The minimum absolute atomic E-state index is 0.00436. The van der Waals surface area contributed by atoms with Gasteiger partial charge in [-0.25, -0.2) is 4.98 Å². The van der Waals surface area contributed by atoms with Crippen molar-refractivity contribution in [3.63, 3.8) is 0 Å². The zero-order valence-corrected chi connectivity index (χ0v) is 18.5. The molecule has 4 nitrogen and oxygen atoms in total. The first-order chi connectivity index (χ1) is 14.5. The van der Waals surface area contributed by atoms with E-state index in [1.807, 2.05) is 49.1 Å². The molecule has 3 heterocycles. The summed E-state index contributed by atoms with van der Waals surface area (Å²) in [6.45, 7) is 8.77. The van der Waals surface area contributed by atoms with Gasteiger partial charge in [0, 0.05) is 29.1 Å². The number of nitrogens with zero attached hydrogens (tertiary/aromatic N) is 2. The average molecular weight is 439 g/mol. The van der Waals surface area contributed by atoms with Crippen LogP contribution in [-0.4, -0.2) is 28.4 Å². The van der Waals surface area contributed by atoms with Crippen LogP contribution in [-0.2, 0) is 11.3 Å². The average Bonchev–Trinajstić information content (AvgIpc) is 3.12. The molecule has 0 saturated heterocycles. The van der Waals surface area contributed by atoms with Crippen LogP contribution in [0.4, 0.5) is 0 Å². The Morgan fingerprint density at radius 1 is 1.27 bits per heavy atom. The quantitative estimate of drug-likeness (QED) is 0.465. The van der Waals surface area contributed by atoms with Gasteiger partial charge >= 0.3 is 0 Å². The highest BCUT2D eigenvalue weighted by atomic mass is 35.5. The minimum Gasteiger partial charge on any atom is -0.475 e. The van der Waals surface area contributed by atoms with E-state index in [0.29, 0.717) is 19.0 Å². The molecule has 0 radical (unpaired) electrons. The van der Waals surface area contributed by atoms with Gasteiger partial charge in [0.05, 0.1) is 17.0 Å². The number of aromatic nitrogens is 1. The van der Waals surface area contributed by atoms with Crippen molar-refractivity contribution in [1.82, 2.24) is 9.88 Å². The van der Waals surface area contributed by atoms with Gasteiger partial charge in [0.2, 0.25) is 11.8 Å². The summed E-state index contributed by atoms with van der Waals surface area (Å²) < 4.78 is 6.72. The van der Waals surface area contributed by atoms with E-state index < -0.39 is 0 Å². The Labute approximate surface area is 185 Å². The van der Waals surface area contributed by atoms with E-state index in [1.54, 1.807) is 6.20 Å². The van der Waals surface area contributed by atoms with Crippen molar-refractivity contribution in [3.05, 3.63) is 81.7 Å². The number of thiophene rings is 1. The highest BCUT2D eigenvalue weighted by Gasteiger charge is 2.32. The van der Waals surface area contributed by atoms with Gasteiger partial charge in [0.15, 0.2) is 0 Å². The standard InChI is InChI=1S/C24H23ClN2O2S/c1-4-23(28)27-13-20(19-12-22(25)30-21(19)14-27)17-9-6-5-8-16(17)18-10-7-11-26-24(18)29-15(2)3/h4-12,15,20H,1,13-14H2,2-3H3/t20-/m1/s1. The van der Waals surface area contributed by atoms with Gasteiger partial charge in [-0.05, 0) is 54.8 Å². The van der Waals surface area contributed by atoms with E-state index in [9.17, 15) is 4.79 Å². The summed E-state index contributed by atoms with van der Waals surface area (Å²) in [6.07, 6.45) is 3.13. The summed E-state index contributed by atoms with van der Waals surface area (Å²) >= 11 is 7.90. The van der Waals surface area contributed by atoms with Crippen LogP contribution < -0.4 is 4.74 Å². The van der Waals surface area contributed by atoms with E-state index >= 15 is 0 Å². The lowest BCUT2D eigenvalue weighted by molar-refractivity contribution is -0.127. The molecule has 0 fully saturated rings. The molecule has 0 spiro atoms. The predicted octanol–water partition coefficient (Wildman–Crippen LogP) is 5.91. The second-order valence-electron chi connectivity index (χ2n) is 7.51. The number of pyridine rings is 1. The molecule has 154 valence electrons. The molecule has 0 bridgehead atoms. The molecular weight excluding hydrogens is 416 g/mol. The third kappa shape index (κ3) is 4.00. The number of hydrogen-bond donors (Lipinski definition) is 0. The molecule has 4 rings (SSSR count). The van der Waals surface area contributed by atoms with E-state index in [4.69, 9.17) is 16.3 Å². The van der Waals surface area contributed by atoms with Crippen LogP contribution in [0.15, 0.2) is 61.3 Å². The zero-order valence-electron chi connectivity index (χ0n) is 17.0. The van der Waals surface area contributed by atoms with Gasteiger partial charge < -0.3 is 9.64 Å². The topological polar surface area (TPSA) is 42.4 Å². The molecule has 0 aliphatic carbocycles. The number of ether oxygens (including phenoxy) is 1. The lowest BCUT2D eigenvalue weighted by Crippen LogP contribution is -2.37. The van der Waals surface area contributed by atoms with Crippen LogP contribution in [0.5, 0.6) is 5.88 Å². The summed E-state index contributed by atoms with van der Waals surface area (Å²) in [5.74, 6) is 0.543. The van der Waals surface area contributed by atoms with Gasteiger partial charge in [-0.1, -0.05) is 42.4 Å². The van der Waals surface area contributed by atoms with Crippen molar-refractivity contribution < 1.29 is 9.53 Å². The van der Waals surface area contributed by atoms with Crippen LogP contribution in [0.3, 0.4) is 0 Å². The van der Waals surface area contributed by atoms with Crippen LogP contribution >= 0.6 is 22.9 Å². The van der Waals surface area contributed by atoms with Crippen LogP contribution in [0.2, 0.25) is 4.34 Å². The van der Waals surface area contributed by atoms with Crippen molar-refractivity contribution in [2.24, 2.45) is 0 Å². The number of amides is 1. The third-order valence-electron chi connectivity index (χ3n) is 5.16. The molecule has 0 unspecified atom stereocenters. The Bertz CT molecular complexity index is 1090. The molecule has 0 saturated carbocycles. The molecule has 2 aromatic heterocycles. The normalized spacial score (nSPS) is 15.7. The number of carbonyl (C=O) groups excluding carboxylic acids is 1. The van der Waals surface area contributed by atoms with Gasteiger partial charge in [0.1, 0.15) is 0 Å². The fourth-order valence-electron chi connectivity index (χ4n) is 3.91. The van der Waals surface area contributed by atoms with Gasteiger partial charge in [-0.15, -0.1) is 11.3 Å². The largest absolute Gasteiger partial charge is 0.475 e. The molecule has 1 aromatic carbocycles. The lowest BCUT2D eigenvalue weighted by atomic mass is 9.84. The van der Waals surface area contributed by atoms with E-state index in [1.165, 1.54) is 23.0 Å². The lowest BCUT2D eigenvalue weighted by Gasteiger charge is -2.33. The van der Waals surface area contributed by atoms with Gasteiger partial charge in [0.25, 0.3) is 0 Å². The first-order valence-electron chi connectivity index (χ1n) is 9.88. The number of rotatable bonds is 5. The highest BCUT2D eigenvalue weighted by Crippen LogP contribution is 2.44. The Morgan fingerprint density at radius 3 is 2.80 bits per heavy atom. The maximum atomic E-state index is 12.4. The Balaban J connectivity index is 1.85. The molecule has 1 aliphatic heterocycles. The van der Waals surface area contributed by atoms with Crippen molar-refractivity contribution >= 4 is 28.8 Å². The molecule has 1 atom stereocenters. The highest BCUT2D eigenvalue weighted by molar-refractivity contribution is 7.16.